The Morgan fingerprint density at radius 3 is 2.14 bits per heavy atom. The summed E-state index contributed by atoms with van der Waals surface area (Å²) >= 11 is 0. The molecule has 0 spiro atoms. The molecule has 10 heteroatoms. The van der Waals surface area contributed by atoms with Crippen molar-refractivity contribution in [2.45, 2.75) is 12.8 Å². The van der Waals surface area contributed by atoms with Crippen LogP contribution in [0.3, 0.4) is 0 Å². The molecular formula is C27H29F2NO7. The van der Waals surface area contributed by atoms with Crippen LogP contribution < -0.4 is 14.8 Å². The Hall–Kier alpha value is -3.60. The molecule has 0 unspecified atom stereocenters. The predicted octanol–water partition coefficient (Wildman–Crippen LogP) is 4.50. The van der Waals surface area contributed by atoms with Crippen molar-refractivity contribution >= 4 is 5.69 Å². The van der Waals surface area contributed by atoms with Crippen LogP contribution in [0.25, 0.3) is 0 Å². The highest BCUT2D eigenvalue weighted by molar-refractivity contribution is 5.64. The normalized spacial score (nSPS) is 12.5. The molecule has 8 nitrogen and oxygen atoms in total. The molecular weight excluding hydrogens is 488 g/mol. The Morgan fingerprint density at radius 2 is 1.51 bits per heavy atom. The lowest BCUT2D eigenvalue weighted by Crippen LogP contribution is -2.15. The maximum atomic E-state index is 14.4. The lowest BCUT2D eigenvalue weighted by molar-refractivity contribution is 0.0570. The van der Waals surface area contributed by atoms with Crippen LogP contribution in [0.2, 0.25) is 0 Å². The number of rotatable bonds is 12. The van der Waals surface area contributed by atoms with Crippen LogP contribution in [0.1, 0.15) is 29.5 Å². The lowest BCUT2D eigenvalue weighted by Gasteiger charge is -2.29. The molecule has 1 aliphatic rings. The highest BCUT2D eigenvalue weighted by Gasteiger charge is 2.32. The summed E-state index contributed by atoms with van der Waals surface area (Å²) in [6.45, 7) is 4.28. The molecule has 3 aromatic carbocycles. The van der Waals surface area contributed by atoms with Crippen LogP contribution in [0.15, 0.2) is 42.5 Å². The number of nitrogens with one attached hydrogen (secondary N) is 1. The van der Waals surface area contributed by atoms with Gasteiger partial charge < -0.3 is 39.6 Å². The standard InChI is InChI=1S/C27H29F2NO7/c1-2-34-9-10-35-7-5-30-21-4-3-16(11-26(21)36-8-6-31)27-17-12-19(28)22(32)14-24(17)37-25-15-23(33)20(29)13-18(25)27/h3-4,11-15,27,30-33H,2,5-10H2,1H3. The summed E-state index contributed by atoms with van der Waals surface area (Å²) < 4.78 is 51.1. The molecule has 0 atom stereocenters. The van der Waals surface area contributed by atoms with E-state index in [9.17, 15) is 24.1 Å². The zero-order valence-corrected chi connectivity index (χ0v) is 20.3. The molecule has 0 fully saturated rings. The van der Waals surface area contributed by atoms with E-state index in [-0.39, 0.29) is 24.7 Å². The molecule has 1 heterocycles. The average Bonchev–Trinajstić information content (AvgIpc) is 2.88. The van der Waals surface area contributed by atoms with Crippen molar-refractivity contribution in [3.05, 3.63) is 70.8 Å². The fourth-order valence-electron chi connectivity index (χ4n) is 4.15. The Bertz CT molecular complexity index is 1180. The Labute approximate surface area is 213 Å². The molecule has 0 bridgehead atoms. The first-order valence-corrected chi connectivity index (χ1v) is 11.9. The zero-order valence-electron chi connectivity index (χ0n) is 20.3. The van der Waals surface area contributed by atoms with Gasteiger partial charge in [-0.3, -0.25) is 0 Å². The van der Waals surface area contributed by atoms with Gasteiger partial charge in [-0.1, -0.05) is 6.07 Å². The summed E-state index contributed by atoms with van der Waals surface area (Å²) in [5, 5.41) is 32.3. The van der Waals surface area contributed by atoms with E-state index in [4.69, 9.17) is 18.9 Å². The van der Waals surface area contributed by atoms with Crippen LogP contribution in [-0.2, 0) is 9.47 Å². The molecule has 1 aliphatic heterocycles. The van der Waals surface area contributed by atoms with E-state index in [1.807, 2.05) is 6.92 Å². The van der Waals surface area contributed by atoms with Crippen molar-refractivity contribution < 1.29 is 43.0 Å². The summed E-state index contributed by atoms with van der Waals surface area (Å²) in [6, 6.07) is 9.84. The average molecular weight is 518 g/mol. The number of anilines is 1. The third-order valence-electron chi connectivity index (χ3n) is 5.83. The first-order valence-electron chi connectivity index (χ1n) is 11.9. The van der Waals surface area contributed by atoms with Gasteiger partial charge in [0.25, 0.3) is 0 Å². The van der Waals surface area contributed by atoms with Crippen molar-refractivity contribution in [1.29, 1.82) is 0 Å². The van der Waals surface area contributed by atoms with E-state index in [2.05, 4.69) is 5.32 Å². The monoisotopic (exact) mass is 517 g/mol. The van der Waals surface area contributed by atoms with E-state index in [0.29, 0.717) is 61.1 Å². The largest absolute Gasteiger partial charge is 0.505 e. The number of aromatic hydroxyl groups is 2. The molecule has 0 saturated carbocycles. The van der Waals surface area contributed by atoms with Gasteiger partial charge in [0, 0.05) is 42.3 Å². The van der Waals surface area contributed by atoms with Crippen LogP contribution in [-0.4, -0.2) is 61.5 Å². The second-order valence-corrected chi connectivity index (χ2v) is 8.28. The van der Waals surface area contributed by atoms with E-state index < -0.39 is 29.1 Å². The summed E-state index contributed by atoms with van der Waals surface area (Å²) in [5.74, 6) is -2.82. The van der Waals surface area contributed by atoms with Gasteiger partial charge in [0.2, 0.25) is 0 Å². The number of fused-ring (bicyclic) bond motifs is 2. The van der Waals surface area contributed by atoms with E-state index in [1.54, 1.807) is 18.2 Å². The number of phenols is 2. The number of benzene rings is 3. The summed E-state index contributed by atoms with van der Waals surface area (Å²) in [6.07, 6.45) is 0. The smallest absolute Gasteiger partial charge is 0.165 e. The number of aliphatic hydroxyl groups is 1. The highest BCUT2D eigenvalue weighted by atomic mass is 19.1. The number of phenolic OH excluding ortho intramolecular Hbond substituents is 2. The van der Waals surface area contributed by atoms with Crippen LogP contribution in [0.4, 0.5) is 14.5 Å². The first-order chi connectivity index (χ1) is 17.9. The maximum Gasteiger partial charge on any atom is 0.165 e. The number of hydrogen-bond acceptors (Lipinski definition) is 8. The van der Waals surface area contributed by atoms with Gasteiger partial charge >= 0.3 is 0 Å². The molecule has 0 aromatic heterocycles. The lowest BCUT2D eigenvalue weighted by atomic mass is 9.82. The van der Waals surface area contributed by atoms with Gasteiger partial charge in [0.1, 0.15) is 23.9 Å². The fourth-order valence-corrected chi connectivity index (χ4v) is 4.15. The number of ether oxygens (including phenoxy) is 4. The second kappa shape index (κ2) is 12.1. The molecule has 0 radical (unpaired) electrons. The molecule has 198 valence electrons. The van der Waals surface area contributed by atoms with Crippen molar-refractivity contribution in [1.82, 2.24) is 0 Å². The molecule has 0 amide bonds. The third-order valence-corrected chi connectivity index (χ3v) is 5.83. The number of hydrogen-bond donors (Lipinski definition) is 4. The van der Waals surface area contributed by atoms with Crippen molar-refractivity contribution in [2.75, 3.05) is 51.5 Å². The zero-order chi connectivity index (χ0) is 26.4. The van der Waals surface area contributed by atoms with Crippen molar-refractivity contribution in [2.24, 2.45) is 0 Å². The SMILES string of the molecule is CCOCCOCCNc1ccc(C2c3cc(F)c(O)cc3Oc3cc(O)c(F)cc32)cc1OCCO. The van der Waals surface area contributed by atoms with Gasteiger partial charge in [0.05, 0.1) is 32.1 Å². The molecule has 3 aromatic rings. The molecule has 4 rings (SSSR count). The van der Waals surface area contributed by atoms with Crippen LogP contribution in [0, 0.1) is 11.6 Å². The quantitative estimate of drug-likeness (QED) is 0.204. The Kier molecular flexibility index (Phi) is 8.65. The second-order valence-electron chi connectivity index (χ2n) is 8.28. The molecule has 0 saturated heterocycles. The van der Waals surface area contributed by atoms with Gasteiger partial charge in [-0.2, -0.15) is 0 Å². The predicted molar refractivity (Wildman–Crippen MR) is 132 cm³/mol. The van der Waals surface area contributed by atoms with Crippen LogP contribution in [0.5, 0.6) is 28.7 Å². The fraction of sp³-hybridized carbons (Fsp3) is 0.333. The van der Waals surface area contributed by atoms with Gasteiger partial charge in [-0.25, -0.2) is 8.78 Å². The number of halogens is 2. The van der Waals surface area contributed by atoms with E-state index >= 15 is 0 Å². The van der Waals surface area contributed by atoms with Crippen molar-refractivity contribution in [3.63, 3.8) is 0 Å². The van der Waals surface area contributed by atoms with Gasteiger partial charge in [-0.15, -0.1) is 0 Å². The summed E-state index contributed by atoms with van der Waals surface area (Å²) in [5.41, 5.74) is 1.99. The highest BCUT2D eigenvalue weighted by Crippen LogP contribution is 2.50. The first kappa shape index (κ1) is 26.5. The van der Waals surface area contributed by atoms with Crippen molar-refractivity contribution in [3.8, 4) is 28.7 Å². The molecule has 4 N–H and O–H groups in total. The van der Waals surface area contributed by atoms with Gasteiger partial charge in [0.15, 0.2) is 23.1 Å². The minimum atomic E-state index is -0.852. The number of aliphatic hydroxyl groups excluding tert-OH is 1. The Morgan fingerprint density at radius 1 is 0.865 bits per heavy atom. The van der Waals surface area contributed by atoms with E-state index in [1.165, 1.54) is 0 Å². The molecule has 0 aliphatic carbocycles. The van der Waals surface area contributed by atoms with Gasteiger partial charge in [-0.05, 0) is 36.8 Å². The van der Waals surface area contributed by atoms with E-state index in [0.717, 1.165) is 24.3 Å². The topological polar surface area (TPSA) is 110 Å². The Balaban J connectivity index is 1.67. The van der Waals surface area contributed by atoms with Crippen LogP contribution >= 0.6 is 0 Å². The minimum absolute atomic E-state index is 0.0366. The summed E-state index contributed by atoms with van der Waals surface area (Å²) in [4.78, 5) is 0. The maximum absolute atomic E-state index is 14.4. The molecule has 37 heavy (non-hydrogen) atoms. The minimum Gasteiger partial charge on any atom is -0.505 e. The summed E-state index contributed by atoms with van der Waals surface area (Å²) in [7, 11) is 0. The third kappa shape index (κ3) is 6.04.